The molecule has 0 spiro atoms. The van der Waals surface area contributed by atoms with Gasteiger partial charge in [-0.25, -0.2) is 9.59 Å². The van der Waals surface area contributed by atoms with Crippen LogP contribution in [0.4, 0.5) is 15.3 Å². The number of piperazine rings is 1. The molecule has 0 atom stereocenters. The van der Waals surface area contributed by atoms with Gasteiger partial charge < -0.3 is 29.3 Å². The second-order valence-corrected chi connectivity index (χ2v) is 8.54. The molecule has 1 N–H and O–H groups in total. The molecule has 160 valence electrons. The van der Waals surface area contributed by atoms with E-state index in [1.54, 1.807) is 4.90 Å². The predicted molar refractivity (Wildman–Crippen MR) is 110 cm³/mol. The number of hydrogen-bond donors (Lipinski definition) is 1. The Morgan fingerprint density at radius 3 is 2.03 bits per heavy atom. The Morgan fingerprint density at radius 1 is 0.931 bits per heavy atom. The van der Waals surface area contributed by atoms with Crippen LogP contribution in [0.5, 0.6) is 5.75 Å². The maximum Gasteiger partial charge on any atom is 0.410 e. The molecule has 0 unspecified atom stereocenters. The molecule has 0 aromatic heterocycles. The van der Waals surface area contributed by atoms with Crippen LogP contribution in [0, 0.1) is 0 Å². The molecule has 0 saturated carbocycles. The second kappa shape index (κ2) is 8.80. The SMILES string of the molecule is CC(C)(C)OC(=O)N1CCC(Oc2ccc(N3CCN(C(=O)O)CC3)cc2)CC1. The highest BCUT2D eigenvalue weighted by Gasteiger charge is 2.27. The minimum Gasteiger partial charge on any atom is -0.490 e. The van der Waals surface area contributed by atoms with Gasteiger partial charge in [0.15, 0.2) is 0 Å². The molecule has 8 nitrogen and oxygen atoms in total. The number of piperidine rings is 1. The number of nitrogens with zero attached hydrogens (tertiary/aromatic N) is 3. The Kier molecular flexibility index (Phi) is 6.39. The number of anilines is 1. The van der Waals surface area contributed by atoms with E-state index in [0.29, 0.717) is 39.3 Å². The third-order valence-electron chi connectivity index (χ3n) is 5.15. The number of likely N-dealkylation sites (tertiary alicyclic amines) is 1. The summed E-state index contributed by atoms with van der Waals surface area (Å²) in [7, 11) is 0. The van der Waals surface area contributed by atoms with Crippen molar-refractivity contribution in [2.45, 2.75) is 45.3 Å². The Balaban J connectivity index is 1.45. The first-order valence-corrected chi connectivity index (χ1v) is 10.2. The van der Waals surface area contributed by atoms with Gasteiger partial charge in [0, 0.05) is 57.8 Å². The van der Waals surface area contributed by atoms with Crippen molar-refractivity contribution < 1.29 is 24.2 Å². The zero-order valence-corrected chi connectivity index (χ0v) is 17.5. The number of carbonyl (C=O) groups excluding carboxylic acids is 1. The van der Waals surface area contributed by atoms with Crippen molar-refractivity contribution in [2.75, 3.05) is 44.2 Å². The smallest absolute Gasteiger partial charge is 0.410 e. The van der Waals surface area contributed by atoms with E-state index in [1.807, 2.05) is 45.0 Å². The first-order valence-electron chi connectivity index (χ1n) is 10.2. The molecule has 1 aromatic carbocycles. The summed E-state index contributed by atoms with van der Waals surface area (Å²) in [5.41, 5.74) is 0.592. The summed E-state index contributed by atoms with van der Waals surface area (Å²) in [4.78, 5) is 28.5. The molecule has 1 aromatic rings. The lowest BCUT2D eigenvalue weighted by Gasteiger charge is -2.35. The number of carboxylic acid groups (broad SMARTS) is 1. The molecule has 2 fully saturated rings. The molecule has 0 aliphatic carbocycles. The lowest BCUT2D eigenvalue weighted by atomic mass is 10.1. The molecule has 2 aliphatic rings. The van der Waals surface area contributed by atoms with Crippen molar-refractivity contribution in [3.63, 3.8) is 0 Å². The Hall–Kier alpha value is -2.64. The fourth-order valence-electron chi connectivity index (χ4n) is 3.57. The summed E-state index contributed by atoms with van der Waals surface area (Å²) in [5, 5.41) is 9.05. The summed E-state index contributed by atoms with van der Waals surface area (Å²) < 4.78 is 11.5. The summed E-state index contributed by atoms with van der Waals surface area (Å²) >= 11 is 0. The van der Waals surface area contributed by atoms with Gasteiger partial charge in [-0.3, -0.25) is 0 Å². The quantitative estimate of drug-likeness (QED) is 0.831. The van der Waals surface area contributed by atoms with Crippen LogP contribution in [0.25, 0.3) is 0 Å². The molecule has 0 radical (unpaired) electrons. The Morgan fingerprint density at radius 2 is 1.52 bits per heavy atom. The maximum atomic E-state index is 12.1. The van der Waals surface area contributed by atoms with Gasteiger partial charge in [0.05, 0.1) is 0 Å². The highest BCUT2D eigenvalue weighted by atomic mass is 16.6. The Bertz CT molecular complexity index is 700. The Labute approximate surface area is 172 Å². The van der Waals surface area contributed by atoms with Crippen molar-refractivity contribution >= 4 is 17.9 Å². The van der Waals surface area contributed by atoms with E-state index in [1.165, 1.54) is 4.90 Å². The summed E-state index contributed by atoms with van der Waals surface area (Å²) in [5.74, 6) is 0.814. The van der Waals surface area contributed by atoms with Crippen molar-refractivity contribution in [3.8, 4) is 5.75 Å². The van der Waals surface area contributed by atoms with Gasteiger partial charge in [0.25, 0.3) is 0 Å². The molecule has 2 heterocycles. The molecule has 29 heavy (non-hydrogen) atoms. The summed E-state index contributed by atoms with van der Waals surface area (Å²) in [6, 6.07) is 7.95. The van der Waals surface area contributed by atoms with Gasteiger partial charge in [0.2, 0.25) is 0 Å². The molecule has 0 bridgehead atoms. The number of benzene rings is 1. The second-order valence-electron chi connectivity index (χ2n) is 8.54. The van der Waals surface area contributed by atoms with E-state index >= 15 is 0 Å². The van der Waals surface area contributed by atoms with Gasteiger partial charge in [-0.15, -0.1) is 0 Å². The highest BCUT2D eigenvalue weighted by molar-refractivity contribution is 5.68. The van der Waals surface area contributed by atoms with Gasteiger partial charge in [-0.2, -0.15) is 0 Å². The molecule has 8 heteroatoms. The van der Waals surface area contributed by atoms with Crippen LogP contribution in [0.2, 0.25) is 0 Å². The number of amides is 2. The van der Waals surface area contributed by atoms with E-state index in [9.17, 15) is 9.59 Å². The number of hydrogen-bond acceptors (Lipinski definition) is 5. The predicted octanol–water partition coefficient (Wildman–Crippen LogP) is 3.26. The topological polar surface area (TPSA) is 82.5 Å². The first-order chi connectivity index (χ1) is 13.7. The van der Waals surface area contributed by atoms with Crippen LogP contribution in [-0.2, 0) is 4.74 Å². The molecule has 3 rings (SSSR count). The van der Waals surface area contributed by atoms with Crippen molar-refractivity contribution in [1.82, 2.24) is 9.80 Å². The highest BCUT2D eigenvalue weighted by Crippen LogP contribution is 2.24. The fraction of sp³-hybridized carbons (Fsp3) is 0.619. The molecule has 2 amide bonds. The van der Waals surface area contributed by atoms with E-state index in [4.69, 9.17) is 14.6 Å². The van der Waals surface area contributed by atoms with Gasteiger partial charge in [-0.1, -0.05) is 0 Å². The third kappa shape index (κ3) is 5.92. The van der Waals surface area contributed by atoms with E-state index in [2.05, 4.69) is 4.90 Å². The number of carbonyl (C=O) groups is 2. The van der Waals surface area contributed by atoms with Crippen LogP contribution < -0.4 is 9.64 Å². The van der Waals surface area contributed by atoms with E-state index in [-0.39, 0.29) is 12.2 Å². The van der Waals surface area contributed by atoms with Crippen LogP contribution in [0.1, 0.15) is 33.6 Å². The average Bonchev–Trinajstić information content (AvgIpc) is 2.68. The fourth-order valence-corrected chi connectivity index (χ4v) is 3.57. The minimum atomic E-state index is -0.855. The van der Waals surface area contributed by atoms with Crippen LogP contribution >= 0.6 is 0 Å². The largest absolute Gasteiger partial charge is 0.490 e. The average molecular weight is 405 g/mol. The van der Waals surface area contributed by atoms with Crippen LogP contribution in [0.15, 0.2) is 24.3 Å². The van der Waals surface area contributed by atoms with Crippen LogP contribution in [0.3, 0.4) is 0 Å². The van der Waals surface area contributed by atoms with Crippen molar-refractivity contribution in [2.24, 2.45) is 0 Å². The van der Waals surface area contributed by atoms with E-state index < -0.39 is 11.7 Å². The van der Waals surface area contributed by atoms with Crippen molar-refractivity contribution in [1.29, 1.82) is 0 Å². The third-order valence-corrected chi connectivity index (χ3v) is 5.15. The van der Waals surface area contributed by atoms with Gasteiger partial charge >= 0.3 is 12.2 Å². The monoisotopic (exact) mass is 405 g/mol. The van der Waals surface area contributed by atoms with Crippen LogP contribution in [-0.4, -0.2) is 78.1 Å². The molecular weight excluding hydrogens is 374 g/mol. The van der Waals surface area contributed by atoms with E-state index in [0.717, 1.165) is 24.3 Å². The number of rotatable bonds is 3. The molecule has 2 aliphatic heterocycles. The lowest BCUT2D eigenvalue weighted by Crippen LogP contribution is -2.48. The molecular formula is C21H31N3O5. The minimum absolute atomic E-state index is 0.0821. The van der Waals surface area contributed by atoms with Gasteiger partial charge in [-0.05, 0) is 45.0 Å². The summed E-state index contributed by atoms with van der Waals surface area (Å²) in [6.45, 7) is 9.29. The maximum absolute atomic E-state index is 12.1. The summed E-state index contributed by atoms with van der Waals surface area (Å²) in [6.07, 6.45) is 0.518. The zero-order valence-electron chi connectivity index (χ0n) is 17.5. The standard InChI is InChI=1S/C21H31N3O5/c1-21(2,3)29-20(27)24-10-8-18(9-11-24)28-17-6-4-16(5-7-17)22-12-14-23(15-13-22)19(25)26/h4-7,18H,8-15H2,1-3H3,(H,25,26). The zero-order chi connectivity index (χ0) is 21.0. The normalized spacial score (nSPS) is 18.5. The van der Waals surface area contributed by atoms with Gasteiger partial charge in [0.1, 0.15) is 17.5 Å². The number of ether oxygens (including phenoxy) is 2. The first kappa shape index (κ1) is 21.1. The molecule has 2 saturated heterocycles. The lowest BCUT2D eigenvalue weighted by molar-refractivity contribution is 0.0126. The van der Waals surface area contributed by atoms with Crippen molar-refractivity contribution in [3.05, 3.63) is 24.3 Å².